The molecule has 0 unspecified atom stereocenters. The van der Waals surface area contributed by atoms with Crippen LogP contribution in [-0.4, -0.2) is 45.8 Å². The van der Waals surface area contributed by atoms with Crippen LogP contribution in [0.25, 0.3) is 11.1 Å². The maximum Gasteiger partial charge on any atom is 0.253 e. The molecule has 2 aliphatic heterocycles. The number of carbonyl (C=O) groups is 1. The Morgan fingerprint density at radius 3 is 2.38 bits per heavy atom. The van der Waals surface area contributed by atoms with Crippen LogP contribution >= 0.6 is 0 Å². The van der Waals surface area contributed by atoms with Gasteiger partial charge in [0.15, 0.2) is 0 Å². The molecular formula is C23H23N3O3. The summed E-state index contributed by atoms with van der Waals surface area (Å²) in [7, 11) is 0. The molecule has 0 bridgehead atoms. The number of hydrogen-bond acceptors (Lipinski definition) is 4. The van der Waals surface area contributed by atoms with Crippen molar-refractivity contribution in [2.45, 2.75) is 24.9 Å². The van der Waals surface area contributed by atoms with Crippen LogP contribution in [-0.2, 0) is 16.8 Å². The smallest absolute Gasteiger partial charge is 0.253 e. The summed E-state index contributed by atoms with van der Waals surface area (Å²) in [6, 6.07) is 14.7. The molecule has 5 rings (SSSR count). The monoisotopic (exact) mass is 389 g/mol. The molecule has 1 amide bonds. The number of fused-ring (bicyclic) bond motifs is 2. The van der Waals surface area contributed by atoms with Crippen molar-refractivity contribution in [3.8, 4) is 16.9 Å². The molecule has 0 radical (unpaired) electrons. The van der Waals surface area contributed by atoms with E-state index in [1.165, 1.54) is 5.56 Å². The van der Waals surface area contributed by atoms with Crippen molar-refractivity contribution in [3.05, 3.63) is 71.5 Å². The van der Waals surface area contributed by atoms with Gasteiger partial charge in [-0.1, -0.05) is 24.3 Å². The highest BCUT2D eigenvalue weighted by Crippen LogP contribution is 2.40. The van der Waals surface area contributed by atoms with Crippen molar-refractivity contribution in [2.75, 3.05) is 19.7 Å². The summed E-state index contributed by atoms with van der Waals surface area (Å²) in [6.45, 7) is 2.03. The quantitative estimate of drug-likeness (QED) is 0.703. The number of aromatic amines is 1. The van der Waals surface area contributed by atoms with Crippen molar-refractivity contribution < 1.29 is 14.6 Å². The molecule has 0 saturated carbocycles. The second-order valence-electron chi connectivity index (χ2n) is 7.78. The number of rotatable bonds is 2. The maximum absolute atomic E-state index is 13.0. The largest absolute Gasteiger partial charge is 0.508 e. The number of phenols is 1. The Labute approximate surface area is 169 Å². The Hall–Kier alpha value is -3.12. The zero-order valence-corrected chi connectivity index (χ0v) is 16.1. The third-order valence-electron chi connectivity index (χ3n) is 6.11. The third-order valence-corrected chi connectivity index (χ3v) is 6.11. The lowest BCUT2D eigenvalue weighted by Gasteiger charge is -2.43. The highest BCUT2D eigenvalue weighted by Gasteiger charge is 2.43. The fraction of sp³-hybridized carbons (Fsp3) is 0.304. The molecule has 3 aromatic rings. The molecule has 6 heteroatoms. The van der Waals surface area contributed by atoms with E-state index in [1.807, 2.05) is 47.5 Å². The maximum atomic E-state index is 13.0. The van der Waals surface area contributed by atoms with Gasteiger partial charge in [-0.15, -0.1) is 0 Å². The molecule has 29 heavy (non-hydrogen) atoms. The van der Waals surface area contributed by atoms with Gasteiger partial charge in [-0.3, -0.25) is 9.89 Å². The summed E-state index contributed by atoms with van der Waals surface area (Å²) in [5, 5.41) is 16.8. The molecule has 2 N–H and O–H groups in total. The number of H-pyrrole nitrogens is 1. The minimum absolute atomic E-state index is 0.0535. The molecule has 1 spiro atoms. The predicted molar refractivity (Wildman–Crippen MR) is 109 cm³/mol. The Morgan fingerprint density at radius 1 is 1.03 bits per heavy atom. The van der Waals surface area contributed by atoms with Gasteiger partial charge in [-0.05, 0) is 60.2 Å². The van der Waals surface area contributed by atoms with Crippen LogP contribution in [0, 0.1) is 0 Å². The van der Waals surface area contributed by atoms with Gasteiger partial charge < -0.3 is 14.7 Å². The third kappa shape index (κ3) is 3.19. The van der Waals surface area contributed by atoms with E-state index in [9.17, 15) is 9.90 Å². The molecule has 0 atom stereocenters. The first-order chi connectivity index (χ1) is 14.1. The van der Waals surface area contributed by atoms with Crippen molar-refractivity contribution in [1.29, 1.82) is 0 Å². The van der Waals surface area contributed by atoms with E-state index >= 15 is 0 Å². The molecule has 6 nitrogen and oxygen atoms in total. The SMILES string of the molecule is O=C(c1ccc(-c2ccc(O)cc2)cc1)N1CCC2(CC1)OCCc1cn[nH]c12. The van der Waals surface area contributed by atoms with Crippen molar-refractivity contribution >= 4 is 5.91 Å². The zero-order valence-electron chi connectivity index (χ0n) is 16.1. The summed E-state index contributed by atoms with van der Waals surface area (Å²) in [5.41, 5.74) is 4.71. The highest BCUT2D eigenvalue weighted by molar-refractivity contribution is 5.94. The number of aromatic nitrogens is 2. The molecule has 148 valence electrons. The second-order valence-corrected chi connectivity index (χ2v) is 7.78. The molecule has 0 aliphatic carbocycles. The summed E-state index contributed by atoms with van der Waals surface area (Å²) in [6.07, 6.45) is 4.34. The minimum atomic E-state index is -0.330. The number of nitrogens with one attached hydrogen (secondary N) is 1. The van der Waals surface area contributed by atoms with Crippen molar-refractivity contribution in [2.24, 2.45) is 0 Å². The summed E-state index contributed by atoms with van der Waals surface area (Å²) in [5.74, 6) is 0.297. The number of nitrogens with zero attached hydrogens (tertiary/aromatic N) is 2. The van der Waals surface area contributed by atoms with Gasteiger partial charge in [0, 0.05) is 18.7 Å². The average Bonchev–Trinajstić information content (AvgIpc) is 3.25. The Balaban J connectivity index is 1.28. The standard InChI is InChI=1S/C23H23N3O3/c27-20-7-5-17(6-8-20)16-1-3-18(4-2-16)22(28)26-12-10-23(11-13-26)21-19(9-14-29-23)15-24-25-21/h1-8,15,27H,9-14H2,(H,24,25). The Kier molecular flexibility index (Phi) is 4.36. The van der Waals surface area contributed by atoms with E-state index in [1.54, 1.807) is 12.1 Å². The van der Waals surface area contributed by atoms with Crippen LogP contribution in [0.15, 0.2) is 54.7 Å². The summed E-state index contributed by atoms with van der Waals surface area (Å²) in [4.78, 5) is 14.9. The Bertz CT molecular complexity index is 1020. The molecular weight excluding hydrogens is 366 g/mol. The lowest BCUT2D eigenvalue weighted by molar-refractivity contribution is -0.0962. The van der Waals surface area contributed by atoms with Crippen molar-refractivity contribution in [3.63, 3.8) is 0 Å². The van der Waals surface area contributed by atoms with E-state index in [2.05, 4.69) is 10.2 Å². The number of phenolic OH excluding ortho intramolecular Hbond substituents is 1. The van der Waals surface area contributed by atoms with E-state index < -0.39 is 0 Å². The minimum Gasteiger partial charge on any atom is -0.508 e. The van der Waals surface area contributed by atoms with E-state index in [-0.39, 0.29) is 17.3 Å². The van der Waals surface area contributed by atoms with Crippen LogP contribution in [0.2, 0.25) is 0 Å². The van der Waals surface area contributed by atoms with Gasteiger partial charge >= 0.3 is 0 Å². The number of hydrogen-bond donors (Lipinski definition) is 2. The number of aromatic hydroxyl groups is 1. The molecule has 2 aromatic carbocycles. The van der Waals surface area contributed by atoms with Gasteiger partial charge in [0.05, 0.1) is 18.5 Å². The first kappa shape index (κ1) is 17.9. The fourth-order valence-corrected chi connectivity index (χ4v) is 4.43. The first-order valence-electron chi connectivity index (χ1n) is 10.0. The number of likely N-dealkylation sites (tertiary alicyclic amines) is 1. The summed E-state index contributed by atoms with van der Waals surface area (Å²) < 4.78 is 6.17. The second kappa shape index (κ2) is 7.04. The number of piperidine rings is 1. The van der Waals surface area contributed by atoms with Gasteiger partial charge in [0.1, 0.15) is 11.4 Å². The number of amides is 1. The molecule has 1 saturated heterocycles. The van der Waals surface area contributed by atoms with Gasteiger partial charge in [0.25, 0.3) is 5.91 Å². The number of ether oxygens (including phenoxy) is 1. The highest BCUT2D eigenvalue weighted by atomic mass is 16.5. The van der Waals surface area contributed by atoms with E-state index in [0.717, 1.165) is 36.1 Å². The topological polar surface area (TPSA) is 78.4 Å². The average molecular weight is 389 g/mol. The van der Waals surface area contributed by atoms with Crippen LogP contribution in [0.1, 0.15) is 34.5 Å². The van der Waals surface area contributed by atoms with E-state index in [4.69, 9.17) is 4.74 Å². The lowest BCUT2D eigenvalue weighted by Crippen LogP contribution is -2.48. The Morgan fingerprint density at radius 2 is 1.69 bits per heavy atom. The van der Waals surface area contributed by atoms with Crippen molar-refractivity contribution in [1.82, 2.24) is 15.1 Å². The summed E-state index contributed by atoms with van der Waals surface area (Å²) >= 11 is 0. The van der Waals surface area contributed by atoms with Crippen LogP contribution < -0.4 is 0 Å². The number of carbonyl (C=O) groups excluding carboxylic acids is 1. The molecule has 2 aliphatic rings. The lowest BCUT2D eigenvalue weighted by atomic mass is 9.83. The van der Waals surface area contributed by atoms with Crippen LogP contribution in [0.3, 0.4) is 0 Å². The molecule has 1 aromatic heterocycles. The molecule has 1 fully saturated rings. The first-order valence-corrected chi connectivity index (χ1v) is 10.0. The number of benzene rings is 2. The van der Waals surface area contributed by atoms with Gasteiger partial charge in [0.2, 0.25) is 0 Å². The fourth-order valence-electron chi connectivity index (χ4n) is 4.43. The van der Waals surface area contributed by atoms with Gasteiger partial charge in [-0.25, -0.2) is 0 Å². The van der Waals surface area contributed by atoms with Crippen LogP contribution in [0.5, 0.6) is 5.75 Å². The van der Waals surface area contributed by atoms with E-state index in [0.29, 0.717) is 25.3 Å². The van der Waals surface area contributed by atoms with Gasteiger partial charge in [-0.2, -0.15) is 5.10 Å². The molecule has 3 heterocycles. The predicted octanol–water partition coefficient (Wildman–Crippen LogP) is 3.49. The zero-order chi connectivity index (χ0) is 19.8. The van der Waals surface area contributed by atoms with Crippen LogP contribution in [0.4, 0.5) is 0 Å². The normalized spacial score (nSPS) is 17.9.